The largest absolute Gasteiger partial charge is 0.381 e. The van der Waals surface area contributed by atoms with Gasteiger partial charge in [-0.15, -0.1) is 0 Å². The first-order valence-corrected chi connectivity index (χ1v) is 7.78. The number of methoxy groups -OCH3 is 3. The molecule has 0 heterocycles. The lowest BCUT2D eigenvalue weighted by molar-refractivity contribution is -0.249. The lowest BCUT2D eigenvalue weighted by Crippen LogP contribution is -2.57. The molecule has 0 bridgehead atoms. The molecule has 0 saturated heterocycles. The molecule has 0 aromatic carbocycles. The number of hydrogen-bond donors (Lipinski definition) is 0. The standard InChI is InChI=1S/C15H33NO6/c1-7-20-13(10-17-4)16(14(11-18-5)21-8-2)15(12-19-6)22-9-3/h13-15H,7-12H2,1-6H3. The van der Waals surface area contributed by atoms with Crippen LogP contribution < -0.4 is 0 Å². The second-order valence-electron chi connectivity index (χ2n) is 4.54. The summed E-state index contributed by atoms with van der Waals surface area (Å²) < 4.78 is 33.3. The van der Waals surface area contributed by atoms with Gasteiger partial charge < -0.3 is 28.4 Å². The fourth-order valence-corrected chi connectivity index (χ4v) is 2.22. The Kier molecular flexibility index (Phi) is 14.1. The van der Waals surface area contributed by atoms with Crippen LogP contribution in [-0.4, -0.2) is 84.6 Å². The van der Waals surface area contributed by atoms with Crippen LogP contribution in [0.3, 0.4) is 0 Å². The Morgan fingerprint density at radius 2 is 0.864 bits per heavy atom. The van der Waals surface area contributed by atoms with E-state index in [9.17, 15) is 0 Å². The maximum atomic E-state index is 5.82. The van der Waals surface area contributed by atoms with Crippen molar-refractivity contribution in [1.29, 1.82) is 0 Å². The zero-order valence-corrected chi connectivity index (χ0v) is 14.9. The molecule has 0 amide bonds. The van der Waals surface area contributed by atoms with Crippen LogP contribution in [0.2, 0.25) is 0 Å². The highest BCUT2D eigenvalue weighted by Gasteiger charge is 2.34. The molecular weight excluding hydrogens is 290 g/mol. The molecule has 0 aromatic rings. The molecular formula is C15H33NO6. The molecule has 0 aromatic heterocycles. The zero-order valence-electron chi connectivity index (χ0n) is 14.9. The fraction of sp³-hybridized carbons (Fsp3) is 1.00. The summed E-state index contributed by atoms with van der Waals surface area (Å²) in [5.74, 6) is 0. The predicted molar refractivity (Wildman–Crippen MR) is 83.7 cm³/mol. The van der Waals surface area contributed by atoms with E-state index in [-0.39, 0.29) is 18.7 Å². The summed E-state index contributed by atoms with van der Waals surface area (Å²) in [4.78, 5) is 1.98. The van der Waals surface area contributed by atoms with Crippen molar-refractivity contribution in [2.24, 2.45) is 0 Å². The Morgan fingerprint density at radius 1 is 0.591 bits per heavy atom. The highest BCUT2D eigenvalue weighted by Crippen LogP contribution is 2.17. The van der Waals surface area contributed by atoms with Crippen molar-refractivity contribution in [3.05, 3.63) is 0 Å². The van der Waals surface area contributed by atoms with Crippen molar-refractivity contribution in [1.82, 2.24) is 4.90 Å². The summed E-state index contributed by atoms with van der Waals surface area (Å²) in [6.07, 6.45) is -0.935. The van der Waals surface area contributed by atoms with E-state index in [0.29, 0.717) is 39.6 Å². The third-order valence-corrected chi connectivity index (χ3v) is 3.00. The van der Waals surface area contributed by atoms with Gasteiger partial charge in [0.1, 0.15) is 18.7 Å². The van der Waals surface area contributed by atoms with Crippen LogP contribution in [0.4, 0.5) is 0 Å². The van der Waals surface area contributed by atoms with Gasteiger partial charge in [-0.3, -0.25) is 0 Å². The second-order valence-corrected chi connectivity index (χ2v) is 4.54. The average Bonchev–Trinajstić information content (AvgIpc) is 2.49. The molecule has 0 aliphatic rings. The van der Waals surface area contributed by atoms with Gasteiger partial charge in [-0.2, -0.15) is 0 Å². The molecule has 0 saturated carbocycles. The first-order valence-electron chi connectivity index (χ1n) is 7.78. The molecule has 7 heteroatoms. The van der Waals surface area contributed by atoms with Gasteiger partial charge in [-0.25, -0.2) is 4.90 Å². The van der Waals surface area contributed by atoms with Crippen molar-refractivity contribution >= 4 is 0 Å². The average molecular weight is 323 g/mol. The molecule has 0 aliphatic carbocycles. The summed E-state index contributed by atoms with van der Waals surface area (Å²) in [6, 6.07) is 0. The molecule has 7 nitrogen and oxygen atoms in total. The zero-order chi connectivity index (χ0) is 16.8. The Hall–Kier alpha value is -0.280. The molecule has 0 fully saturated rings. The normalized spacial score (nSPS) is 16.0. The van der Waals surface area contributed by atoms with Gasteiger partial charge in [0.25, 0.3) is 0 Å². The Bertz CT molecular complexity index is 188. The van der Waals surface area contributed by atoms with Crippen LogP contribution >= 0.6 is 0 Å². The first kappa shape index (κ1) is 21.7. The van der Waals surface area contributed by atoms with Gasteiger partial charge in [0.05, 0.1) is 19.8 Å². The molecule has 0 radical (unpaired) electrons. The van der Waals surface area contributed by atoms with Crippen molar-refractivity contribution < 1.29 is 28.4 Å². The maximum absolute atomic E-state index is 5.82. The summed E-state index contributed by atoms with van der Waals surface area (Å²) in [7, 11) is 4.92. The van der Waals surface area contributed by atoms with Crippen molar-refractivity contribution in [2.45, 2.75) is 39.5 Å². The molecule has 0 rings (SSSR count). The number of nitrogens with zero attached hydrogens (tertiary/aromatic N) is 1. The van der Waals surface area contributed by atoms with Crippen molar-refractivity contribution in [2.75, 3.05) is 61.0 Å². The topological polar surface area (TPSA) is 58.6 Å². The number of hydrogen-bond acceptors (Lipinski definition) is 7. The van der Waals surface area contributed by atoms with Crippen molar-refractivity contribution in [3.8, 4) is 0 Å². The summed E-state index contributed by atoms with van der Waals surface area (Å²) in [6.45, 7) is 8.69. The van der Waals surface area contributed by atoms with Crippen LogP contribution in [0.1, 0.15) is 20.8 Å². The van der Waals surface area contributed by atoms with E-state index in [0.717, 1.165) is 0 Å². The molecule has 134 valence electrons. The van der Waals surface area contributed by atoms with E-state index >= 15 is 0 Å². The van der Waals surface area contributed by atoms with Gasteiger partial charge in [0, 0.05) is 41.2 Å². The van der Waals surface area contributed by atoms with Gasteiger partial charge >= 0.3 is 0 Å². The van der Waals surface area contributed by atoms with Crippen LogP contribution in [0.15, 0.2) is 0 Å². The Morgan fingerprint density at radius 3 is 1.05 bits per heavy atom. The smallest absolute Gasteiger partial charge is 0.138 e. The predicted octanol–water partition coefficient (Wildman–Crippen LogP) is 1.32. The third kappa shape index (κ3) is 7.82. The van der Waals surface area contributed by atoms with Crippen LogP contribution in [0, 0.1) is 0 Å². The molecule has 3 unspecified atom stereocenters. The van der Waals surface area contributed by atoms with Crippen LogP contribution in [-0.2, 0) is 28.4 Å². The van der Waals surface area contributed by atoms with E-state index in [1.807, 2.05) is 25.7 Å². The number of ether oxygens (including phenoxy) is 6. The summed E-state index contributed by atoms with van der Waals surface area (Å²) >= 11 is 0. The van der Waals surface area contributed by atoms with Gasteiger partial charge in [0.15, 0.2) is 0 Å². The summed E-state index contributed by atoms with van der Waals surface area (Å²) in [5.41, 5.74) is 0. The maximum Gasteiger partial charge on any atom is 0.138 e. The molecule has 0 aliphatic heterocycles. The quantitative estimate of drug-likeness (QED) is 0.421. The minimum atomic E-state index is -0.312. The Labute approximate surface area is 134 Å². The molecule has 0 spiro atoms. The Balaban J connectivity index is 5.34. The van der Waals surface area contributed by atoms with E-state index in [1.54, 1.807) is 21.3 Å². The van der Waals surface area contributed by atoms with Crippen molar-refractivity contribution in [3.63, 3.8) is 0 Å². The van der Waals surface area contributed by atoms with Gasteiger partial charge in [-0.1, -0.05) is 0 Å². The van der Waals surface area contributed by atoms with E-state index < -0.39 is 0 Å². The number of rotatable bonds is 15. The lowest BCUT2D eigenvalue weighted by atomic mass is 10.3. The molecule has 3 atom stereocenters. The van der Waals surface area contributed by atoms with Gasteiger partial charge in [0.2, 0.25) is 0 Å². The second kappa shape index (κ2) is 14.3. The third-order valence-electron chi connectivity index (χ3n) is 3.00. The van der Waals surface area contributed by atoms with E-state index in [4.69, 9.17) is 28.4 Å². The first-order chi connectivity index (χ1) is 10.7. The van der Waals surface area contributed by atoms with E-state index in [1.165, 1.54) is 0 Å². The van der Waals surface area contributed by atoms with Gasteiger partial charge in [-0.05, 0) is 20.8 Å². The minimum Gasteiger partial charge on any atom is -0.381 e. The monoisotopic (exact) mass is 323 g/mol. The van der Waals surface area contributed by atoms with Crippen LogP contribution in [0.25, 0.3) is 0 Å². The lowest BCUT2D eigenvalue weighted by Gasteiger charge is -2.41. The summed E-state index contributed by atoms with van der Waals surface area (Å²) in [5, 5.41) is 0. The van der Waals surface area contributed by atoms with E-state index in [2.05, 4.69) is 0 Å². The SMILES string of the molecule is CCOC(COC)N(C(COC)OCC)C(COC)OCC. The minimum absolute atomic E-state index is 0.312. The highest BCUT2D eigenvalue weighted by atomic mass is 16.6. The van der Waals surface area contributed by atoms with Crippen LogP contribution in [0.5, 0.6) is 0 Å². The molecule has 22 heavy (non-hydrogen) atoms. The fourth-order valence-electron chi connectivity index (χ4n) is 2.22. The molecule has 0 N–H and O–H groups in total. The highest BCUT2D eigenvalue weighted by molar-refractivity contribution is 4.73.